The Morgan fingerprint density at radius 2 is 1.88 bits per heavy atom. The van der Waals surface area contributed by atoms with E-state index in [9.17, 15) is 13.2 Å². The maximum Gasteiger partial charge on any atom is 0.289 e. The highest BCUT2D eigenvalue weighted by Crippen LogP contribution is 2.15. The van der Waals surface area contributed by atoms with Crippen LogP contribution in [0.1, 0.15) is 16.1 Å². The van der Waals surface area contributed by atoms with E-state index in [2.05, 4.69) is 4.72 Å². The van der Waals surface area contributed by atoms with Gasteiger partial charge in [-0.05, 0) is 31.2 Å². The van der Waals surface area contributed by atoms with Crippen LogP contribution in [0.15, 0.2) is 52.0 Å². The zero-order chi connectivity index (χ0) is 17.6. The van der Waals surface area contributed by atoms with Crippen molar-refractivity contribution >= 4 is 15.9 Å². The van der Waals surface area contributed by atoms with Crippen molar-refractivity contribution in [3.8, 4) is 0 Å². The number of hydrogen-bond donors (Lipinski definition) is 2. The molecule has 1 aromatic carbocycles. The molecule has 0 aliphatic rings. The lowest BCUT2D eigenvalue weighted by molar-refractivity contribution is 0.0724. The van der Waals surface area contributed by atoms with Crippen LogP contribution in [0.5, 0.6) is 0 Å². The van der Waals surface area contributed by atoms with E-state index in [0.29, 0.717) is 26.1 Å². The number of nitrogens with zero attached hydrogens (tertiary/aromatic N) is 1. The van der Waals surface area contributed by atoms with E-state index < -0.39 is 10.0 Å². The third kappa shape index (κ3) is 4.44. The molecule has 0 unspecified atom stereocenters. The summed E-state index contributed by atoms with van der Waals surface area (Å²) >= 11 is 0. The van der Waals surface area contributed by atoms with Gasteiger partial charge in [-0.2, -0.15) is 0 Å². The maximum absolute atomic E-state index is 12.5. The first-order chi connectivity index (χ1) is 11.5. The van der Waals surface area contributed by atoms with Gasteiger partial charge in [-0.25, -0.2) is 13.1 Å². The number of carbonyl (C=O) groups excluding carboxylic acids is 1. The van der Waals surface area contributed by atoms with Gasteiger partial charge in [0.25, 0.3) is 15.9 Å². The molecule has 24 heavy (non-hydrogen) atoms. The van der Waals surface area contributed by atoms with Crippen LogP contribution in [0.4, 0.5) is 0 Å². The molecule has 2 aromatic rings. The van der Waals surface area contributed by atoms with Crippen molar-refractivity contribution in [2.24, 2.45) is 5.73 Å². The molecule has 0 spiro atoms. The van der Waals surface area contributed by atoms with Crippen LogP contribution in [0.3, 0.4) is 0 Å². The molecule has 130 valence electrons. The molecule has 1 amide bonds. The largest absolute Gasteiger partial charge is 0.438 e. The van der Waals surface area contributed by atoms with E-state index >= 15 is 0 Å². The Kier molecular flexibility index (Phi) is 6.13. The normalized spacial score (nSPS) is 11.4. The Bertz CT molecular complexity index is 772. The number of furan rings is 1. The fourth-order valence-corrected chi connectivity index (χ4v) is 2.86. The van der Waals surface area contributed by atoms with Gasteiger partial charge >= 0.3 is 0 Å². The predicted molar refractivity (Wildman–Crippen MR) is 90.1 cm³/mol. The SMILES string of the molecule is CNS(=O)(=O)c1ccc(C(=O)N(CCN)CCc2ccccc2)o1. The molecule has 3 N–H and O–H groups in total. The fraction of sp³-hybridized carbons (Fsp3) is 0.312. The van der Waals surface area contributed by atoms with Gasteiger partial charge in [0, 0.05) is 19.6 Å². The second-order valence-electron chi connectivity index (χ2n) is 5.14. The summed E-state index contributed by atoms with van der Waals surface area (Å²) in [5.74, 6) is -0.403. The molecular weight excluding hydrogens is 330 g/mol. The minimum Gasteiger partial charge on any atom is -0.438 e. The molecule has 8 heteroatoms. The van der Waals surface area contributed by atoms with Crippen molar-refractivity contribution in [2.75, 3.05) is 26.7 Å². The van der Waals surface area contributed by atoms with Crippen LogP contribution in [-0.4, -0.2) is 45.9 Å². The number of amides is 1. The molecule has 0 saturated heterocycles. The zero-order valence-electron chi connectivity index (χ0n) is 13.4. The molecule has 1 aromatic heterocycles. The molecule has 7 nitrogen and oxygen atoms in total. The third-order valence-corrected chi connectivity index (χ3v) is 4.81. The van der Waals surface area contributed by atoms with Crippen molar-refractivity contribution in [3.63, 3.8) is 0 Å². The average Bonchev–Trinajstić information content (AvgIpc) is 3.10. The molecule has 0 aliphatic carbocycles. The van der Waals surface area contributed by atoms with Crippen LogP contribution in [-0.2, 0) is 16.4 Å². The molecule has 1 heterocycles. The topological polar surface area (TPSA) is 106 Å². The monoisotopic (exact) mass is 351 g/mol. The second-order valence-corrected chi connectivity index (χ2v) is 6.96. The summed E-state index contributed by atoms with van der Waals surface area (Å²) in [5, 5.41) is -0.288. The van der Waals surface area contributed by atoms with E-state index in [1.165, 1.54) is 19.2 Å². The average molecular weight is 351 g/mol. The summed E-state index contributed by atoms with van der Waals surface area (Å²) in [5.41, 5.74) is 6.68. The third-order valence-electron chi connectivity index (χ3n) is 3.53. The van der Waals surface area contributed by atoms with E-state index in [1.807, 2.05) is 30.3 Å². The minimum absolute atomic E-state index is 0.0228. The molecule has 0 bridgehead atoms. The van der Waals surface area contributed by atoms with Crippen molar-refractivity contribution in [1.29, 1.82) is 0 Å². The van der Waals surface area contributed by atoms with Crippen LogP contribution >= 0.6 is 0 Å². The lowest BCUT2D eigenvalue weighted by Gasteiger charge is -2.20. The van der Waals surface area contributed by atoms with Crippen molar-refractivity contribution in [2.45, 2.75) is 11.5 Å². The molecule has 0 atom stereocenters. The summed E-state index contributed by atoms with van der Waals surface area (Å²) < 4.78 is 30.7. The number of sulfonamides is 1. The first kappa shape index (κ1) is 18.2. The number of benzene rings is 1. The van der Waals surface area contributed by atoms with Crippen LogP contribution in [0.25, 0.3) is 0 Å². The molecule has 2 rings (SSSR count). The van der Waals surface area contributed by atoms with Crippen LogP contribution in [0, 0.1) is 0 Å². The van der Waals surface area contributed by atoms with Gasteiger partial charge in [0.05, 0.1) is 0 Å². The maximum atomic E-state index is 12.5. The number of hydrogen-bond acceptors (Lipinski definition) is 5. The number of rotatable bonds is 8. The molecule has 0 saturated carbocycles. The van der Waals surface area contributed by atoms with Gasteiger partial charge in [0.2, 0.25) is 5.09 Å². The van der Waals surface area contributed by atoms with Gasteiger partial charge in [-0.15, -0.1) is 0 Å². The zero-order valence-corrected chi connectivity index (χ0v) is 14.3. The van der Waals surface area contributed by atoms with Crippen LogP contribution < -0.4 is 10.5 Å². The Labute approximate surface area is 141 Å². The highest BCUT2D eigenvalue weighted by Gasteiger charge is 2.22. The summed E-state index contributed by atoms with van der Waals surface area (Å²) in [7, 11) is -2.44. The molecule has 0 radical (unpaired) electrons. The highest BCUT2D eigenvalue weighted by atomic mass is 32.2. The Balaban J connectivity index is 2.11. The van der Waals surface area contributed by atoms with Gasteiger partial charge in [0.15, 0.2) is 5.76 Å². The van der Waals surface area contributed by atoms with E-state index in [-0.39, 0.29) is 16.8 Å². The van der Waals surface area contributed by atoms with Gasteiger partial charge in [0.1, 0.15) is 0 Å². The van der Waals surface area contributed by atoms with Crippen molar-refractivity contribution in [3.05, 3.63) is 53.8 Å². The van der Waals surface area contributed by atoms with Crippen LogP contribution in [0.2, 0.25) is 0 Å². The van der Waals surface area contributed by atoms with E-state index in [0.717, 1.165) is 5.56 Å². The lowest BCUT2D eigenvalue weighted by atomic mass is 10.1. The van der Waals surface area contributed by atoms with E-state index in [4.69, 9.17) is 10.2 Å². The smallest absolute Gasteiger partial charge is 0.289 e. The van der Waals surface area contributed by atoms with Gasteiger partial charge in [-0.1, -0.05) is 30.3 Å². The van der Waals surface area contributed by atoms with E-state index in [1.54, 1.807) is 4.90 Å². The first-order valence-corrected chi connectivity index (χ1v) is 9.03. The number of nitrogens with two attached hydrogens (primary N) is 1. The number of nitrogens with one attached hydrogen (secondary N) is 1. The minimum atomic E-state index is -3.72. The van der Waals surface area contributed by atoms with Gasteiger partial charge < -0.3 is 15.1 Å². The quantitative estimate of drug-likeness (QED) is 0.733. The number of carbonyl (C=O) groups is 1. The summed E-state index contributed by atoms with van der Waals surface area (Å²) in [6.07, 6.45) is 0.676. The van der Waals surface area contributed by atoms with Crippen molar-refractivity contribution < 1.29 is 17.6 Å². The standard InChI is InChI=1S/C16H21N3O4S/c1-18-24(21,22)15-8-7-14(23-15)16(20)19(12-10-17)11-9-13-5-3-2-4-6-13/h2-8,18H,9-12,17H2,1H3. The molecule has 0 aliphatic heterocycles. The Morgan fingerprint density at radius 3 is 2.50 bits per heavy atom. The summed E-state index contributed by atoms with van der Waals surface area (Å²) in [6, 6.07) is 12.4. The Hall–Kier alpha value is -2.16. The van der Waals surface area contributed by atoms with Crippen molar-refractivity contribution in [1.82, 2.24) is 9.62 Å². The highest BCUT2D eigenvalue weighted by molar-refractivity contribution is 7.89. The summed E-state index contributed by atoms with van der Waals surface area (Å²) in [4.78, 5) is 14.1. The predicted octanol–water partition coefficient (Wildman–Crippen LogP) is 0.831. The first-order valence-electron chi connectivity index (χ1n) is 7.54. The molecule has 0 fully saturated rings. The Morgan fingerprint density at radius 1 is 1.17 bits per heavy atom. The second kappa shape index (κ2) is 8.09. The molecular formula is C16H21N3O4S. The summed E-state index contributed by atoms with van der Waals surface area (Å²) in [6.45, 7) is 1.14. The van der Waals surface area contributed by atoms with Gasteiger partial charge in [-0.3, -0.25) is 4.79 Å². The fourth-order valence-electron chi connectivity index (χ4n) is 2.22. The lowest BCUT2D eigenvalue weighted by Crippen LogP contribution is -2.36.